The van der Waals surface area contributed by atoms with Gasteiger partial charge in [-0.15, -0.1) is 0 Å². The van der Waals surface area contributed by atoms with Crippen molar-refractivity contribution in [1.82, 2.24) is 5.32 Å². The van der Waals surface area contributed by atoms with Gasteiger partial charge in [0.25, 0.3) is 0 Å². The van der Waals surface area contributed by atoms with Gasteiger partial charge in [0.15, 0.2) is 0 Å². The number of rotatable bonds is 2. The van der Waals surface area contributed by atoms with Gasteiger partial charge < -0.3 is 10.4 Å². The number of nitrogens with one attached hydrogen (secondary N) is 1. The van der Waals surface area contributed by atoms with E-state index in [0.717, 1.165) is 6.54 Å². The molecule has 0 bridgehead atoms. The molecule has 1 aromatic rings. The molecular formula is C13H19NO. The summed E-state index contributed by atoms with van der Waals surface area (Å²) in [5, 5.41) is 12.7. The number of aryl methyl sites for hydroxylation is 1. The highest BCUT2D eigenvalue weighted by molar-refractivity contribution is 5.30. The molecule has 0 aliphatic carbocycles. The first kappa shape index (κ1) is 10.7. The van der Waals surface area contributed by atoms with Gasteiger partial charge in [-0.1, -0.05) is 24.3 Å². The van der Waals surface area contributed by atoms with Crippen LogP contribution in [0.15, 0.2) is 24.3 Å². The molecule has 0 amide bonds. The number of aliphatic hydroxyl groups is 1. The fraction of sp³-hybridized carbons (Fsp3) is 0.538. The van der Waals surface area contributed by atoms with Crippen molar-refractivity contribution in [3.63, 3.8) is 0 Å². The molecule has 0 aromatic heterocycles. The topological polar surface area (TPSA) is 32.3 Å². The van der Waals surface area contributed by atoms with Crippen LogP contribution in [0.3, 0.4) is 0 Å². The Balaban J connectivity index is 2.24. The van der Waals surface area contributed by atoms with E-state index in [2.05, 4.69) is 36.5 Å². The van der Waals surface area contributed by atoms with Crippen molar-refractivity contribution >= 4 is 0 Å². The summed E-state index contributed by atoms with van der Waals surface area (Å²) in [6.07, 6.45) is 2.39. The zero-order valence-electron chi connectivity index (χ0n) is 9.24. The molecule has 2 unspecified atom stereocenters. The first-order valence-electron chi connectivity index (χ1n) is 5.72. The molecule has 82 valence electrons. The number of hydrogen-bond acceptors (Lipinski definition) is 2. The highest BCUT2D eigenvalue weighted by Crippen LogP contribution is 2.29. The van der Waals surface area contributed by atoms with E-state index in [0.29, 0.717) is 5.92 Å². The first-order valence-corrected chi connectivity index (χ1v) is 5.72. The van der Waals surface area contributed by atoms with Crippen molar-refractivity contribution in [2.24, 2.45) is 0 Å². The van der Waals surface area contributed by atoms with Crippen LogP contribution in [0.5, 0.6) is 0 Å². The maximum Gasteiger partial charge on any atom is 0.0590 e. The van der Waals surface area contributed by atoms with Crippen LogP contribution in [-0.2, 0) is 0 Å². The zero-order chi connectivity index (χ0) is 10.7. The molecule has 1 aliphatic rings. The van der Waals surface area contributed by atoms with E-state index >= 15 is 0 Å². The van der Waals surface area contributed by atoms with Crippen LogP contribution in [0.2, 0.25) is 0 Å². The minimum Gasteiger partial charge on any atom is -0.395 e. The quantitative estimate of drug-likeness (QED) is 0.772. The van der Waals surface area contributed by atoms with Crippen molar-refractivity contribution in [3.05, 3.63) is 35.4 Å². The molecule has 2 nitrogen and oxygen atoms in total. The summed E-state index contributed by atoms with van der Waals surface area (Å²) in [5.41, 5.74) is 2.73. The second kappa shape index (κ2) is 4.77. The van der Waals surface area contributed by atoms with Gasteiger partial charge in [-0.05, 0) is 37.4 Å². The summed E-state index contributed by atoms with van der Waals surface area (Å²) in [6, 6.07) is 8.74. The average molecular weight is 205 g/mol. The van der Waals surface area contributed by atoms with Crippen LogP contribution in [0.4, 0.5) is 0 Å². The highest BCUT2D eigenvalue weighted by Gasteiger charge is 2.26. The van der Waals surface area contributed by atoms with Gasteiger partial charge in [-0.25, -0.2) is 0 Å². The predicted octanol–water partition coefficient (Wildman–Crippen LogP) is 1.82. The summed E-state index contributed by atoms with van der Waals surface area (Å²) in [6.45, 7) is 3.42. The fourth-order valence-electron chi connectivity index (χ4n) is 2.52. The summed E-state index contributed by atoms with van der Waals surface area (Å²) < 4.78 is 0. The van der Waals surface area contributed by atoms with Crippen molar-refractivity contribution in [2.75, 3.05) is 13.2 Å². The molecule has 1 saturated heterocycles. The van der Waals surface area contributed by atoms with Crippen molar-refractivity contribution in [1.29, 1.82) is 0 Å². The third-order valence-electron chi connectivity index (χ3n) is 3.37. The number of piperidine rings is 1. The van der Waals surface area contributed by atoms with Gasteiger partial charge >= 0.3 is 0 Å². The molecule has 0 saturated carbocycles. The van der Waals surface area contributed by atoms with Crippen molar-refractivity contribution in [2.45, 2.75) is 31.7 Å². The maximum absolute atomic E-state index is 9.35. The lowest BCUT2D eigenvalue weighted by atomic mass is 9.83. The lowest BCUT2D eigenvalue weighted by Crippen LogP contribution is -2.42. The Labute approximate surface area is 91.3 Å². The Bertz CT molecular complexity index is 324. The highest BCUT2D eigenvalue weighted by atomic mass is 16.3. The van der Waals surface area contributed by atoms with Crippen LogP contribution in [0.1, 0.15) is 29.9 Å². The molecule has 1 fully saturated rings. The Hall–Kier alpha value is -0.860. The standard InChI is InChI=1S/C13H19NO/c1-10-5-2-3-6-11(10)12-7-4-8-14-13(12)9-15/h2-3,5-6,12-15H,4,7-9H2,1H3. The van der Waals surface area contributed by atoms with Gasteiger partial charge in [0.05, 0.1) is 6.61 Å². The monoisotopic (exact) mass is 205 g/mol. The Morgan fingerprint density at radius 1 is 1.40 bits per heavy atom. The van der Waals surface area contributed by atoms with Gasteiger partial charge in [-0.3, -0.25) is 0 Å². The molecule has 2 atom stereocenters. The van der Waals surface area contributed by atoms with Crippen molar-refractivity contribution < 1.29 is 5.11 Å². The van der Waals surface area contributed by atoms with E-state index in [1.165, 1.54) is 24.0 Å². The third-order valence-corrected chi connectivity index (χ3v) is 3.37. The Morgan fingerprint density at radius 2 is 2.20 bits per heavy atom. The summed E-state index contributed by atoms with van der Waals surface area (Å²) in [7, 11) is 0. The van der Waals surface area contributed by atoms with Crippen LogP contribution in [0.25, 0.3) is 0 Å². The molecule has 2 rings (SSSR count). The Morgan fingerprint density at radius 3 is 2.93 bits per heavy atom. The van der Waals surface area contributed by atoms with Gasteiger partial charge in [0.2, 0.25) is 0 Å². The number of hydrogen-bond donors (Lipinski definition) is 2. The van der Waals surface area contributed by atoms with Crippen LogP contribution >= 0.6 is 0 Å². The van der Waals surface area contributed by atoms with E-state index in [9.17, 15) is 5.11 Å². The largest absolute Gasteiger partial charge is 0.395 e. The predicted molar refractivity (Wildman–Crippen MR) is 62.0 cm³/mol. The molecule has 15 heavy (non-hydrogen) atoms. The first-order chi connectivity index (χ1) is 7.33. The van der Waals surface area contributed by atoms with E-state index in [4.69, 9.17) is 0 Å². The van der Waals surface area contributed by atoms with Crippen LogP contribution < -0.4 is 5.32 Å². The summed E-state index contributed by atoms with van der Waals surface area (Å²) >= 11 is 0. The van der Waals surface area contributed by atoms with E-state index in [-0.39, 0.29) is 12.6 Å². The lowest BCUT2D eigenvalue weighted by Gasteiger charge is -2.32. The molecule has 1 aliphatic heterocycles. The normalized spacial score (nSPS) is 26.5. The lowest BCUT2D eigenvalue weighted by molar-refractivity contribution is 0.201. The van der Waals surface area contributed by atoms with E-state index in [1.807, 2.05) is 0 Å². The zero-order valence-corrected chi connectivity index (χ0v) is 9.24. The molecular weight excluding hydrogens is 186 g/mol. The molecule has 2 heteroatoms. The summed E-state index contributed by atoms with van der Waals surface area (Å²) in [5.74, 6) is 0.477. The molecule has 0 spiro atoms. The van der Waals surface area contributed by atoms with E-state index in [1.54, 1.807) is 0 Å². The minimum atomic E-state index is 0.235. The van der Waals surface area contributed by atoms with Gasteiger partial charge in [0, 0.05) is 12.0 Å². The molecule has 1 heterocycles. The molecule has 2 N–H and O–H groups in total. The van der Waals surface area contributed by atoms with Gasteiger partial charge in [0.1, 0.15) is 0 Å². The number of aliphatic hydroxyl groups excluding tert-OH is 1. The SMILES string of the molecule is Cc1ccccc1C1CCCNC1CO. The van der Waals surface area contributed by atoms with Crippen LogP contribution in [-0.4, -0.2) is 24.3 Å². The van der Waals surface area contributed by atoms with Crippen LogP contribution in [0, 0.1) is 6.92 Å². The number of benzene rings is 1. The minimum absolute atomic E-state index is 0.235. The second-order valence-corrected chi connectivity index (χ2v) is 4.35. The van der Waals surface area contributed by atoms with E-state index < -0.39 is 0 Å². The maximum atomic E-state index is 9.35. The average Bonchev–Trinajstić information content (AvgIpc) is 2.30. The fourth-order valence-corrected chi connectivity index (χ4v) is 2.52. The second-order valence-electron chi connectivity index (χ2n) is 4.35. The molecule has 0 radical (unpaired) electrons. The molecule has 1 aromatic carbocycles. The van der Waals surface area contributed by atoms with Gasteiger partial charge in [-0.2, -0.15) is 0 Å². The third kappa shape index (κ3) is 2.21. The summed E-state index contributed by atoms with van der Waals surface area (Å²) in [4.78, 5) is 0. The smallest absolute Gasteiger partial charge is 0.0590 e. The Kier molecular flexibility index (Phi) is 3.39. The van der Waals surface area contributed by atoms with Crippen molar-refractivity contribution in [3.8, 4) is 0 Å².